The second-order valence-corrected chi connectivity index (χ2v) is 6.65. The summed E-state index contributed by atoms with van der Waals surface area (Å²) in [4.78, 5) is 43.5. The molecular weight excluding hydrogens is 392 g/mol. The van der Waals surface area contributed by atoms with Crippen LogP contribution in [0.4, 0.5) is 5.69 Å². The Morgan fingerprint density at radius 3 is 2.33 bits per heavy atom. The van der Waals surface area contributed by atoms with Crippen LogP contribution in [0.25, 0.3) is 0 Å². The van der Waals surface area contributed by atoms with Crippen LogP contribution in [-0.4, -0.2) is 43.8 Å². The highest BCUT2D eigenvalue weighted by Gasteiger charge is 2.56. The maximum Gasteiger partial charge on any atom is 0.308 e. The molecule has 0 saturated carbocycles. The number of benzene rings is 2. The molecule has 2 aromatic carbocycles. The van der Waals surface area contributed by atoms with Crippen molar-refractivity contribution in [2.24, 2.45) is 11.1 Å². The van der Waals surface area contributed by atoms with Crippen molar-refractivity contribution in [1.29, 1.82) is 0 Å². The van der Waals surface area contributed by atoms with Crippen LogP contribution in [0.1, 0.15) is 12.5 Å². The monoisotopic (exact) mass is 410 g/mol. The normalized spacial score (nSPS) is 19.8. The molecule has 9 nitrogen and oxygen atoms in total. The van der Waals surface area contributed by atoms with Gasteiger partial charge in [-0.1, -0.05) is 5.16 Å². The highest BCUT2D eigenvalue weighted by atomic mass is 16.7. The van der Waals surface area contributed by atoms with Gasteiger partial charge in [-0.2, -0.15) is 0 Å². The number of fused-ring (bicyclic) bond motifs is 1. The molecule has 0 aliphatic carbocycles. The lowest BCUT2D eigenvalue weighted by Gasteiger charge is -2.16. The summed E-state index contributed by atoms with van der Waals surface area (Å²) in [6, 6.07) is 11.1. The standard InChI is InChI=1S/C21H18N2O7/c1-11(24)29-13-6-4-12(5-7-13)23-20(25)17-18(22-30-19(17)21(23)26)15-9-8-14(27-2)10-16(15)28-3/h4-10,17,19H,1-3H3/t17-,19-/m1/s1. The number of methoxy groups -OCH3 is 2. The molecule has 30 heavy (non-hydrogen) atoms. The first kappa shape index (κ1) is 19.4. The Kier molecular flexibility index (Phi) is 4.86. The largest absolute Gasteiger partial charge is 0.497 e. The summed E-state index contributed by atoms with van der Waals surface area (Å²) in [6.07, 6.45) is -1.05. The molecule has 0 aromatic heterocycles. The Balaban J connectivity index is 1.64. The Labute approximate surface area is 171 Å². The van der Waals surface area contributed by atoms with E-state index in [1.165, 1.54) is 45.4 Å². The Bertz CT molecular complexity index is 1060. The van der Waals surface area contributed by atoms with Crippen LogP contribution in [0.2, 0.25) is 0 Å². The maximum absolute atomic E-state index is 13.2. The predicted octanol–water partition coefficient (Wildman–Crippen LogP) is 1.92. The Hall–Kier alpha value is -3.88. The fourth-order valence-electron chi connectivity index (χ4n) is 3.49. The molecule has 4 rings (SSSR count). The number of hydrogen-bond donors (Lipinski definition) is 0. The first-order valence-electron chi connectivity index (χ1n) is 9.07. The van der Waals surface area contributed by atoms with E-state index >= 15 is 0 Å². The zero-order valence-corrected chi connectivity index (χ0v) is 16.4. The van der Waals surface area contributed by atoms with Gasteiger partial charge in [-0.05, 0) is 36.4 Å². The fourth-order valence-corrected chi connectivity index (χ4v) is 3.49. The minimum Gasteiger partial charge on any atom is -0.497 e. The zero-order valence-electron chi connectivity index (χ0n) is 16.4. The molecular formula is C21H18N2O7. The van der Waals surface area contributed by atoms with Crippen LogP contribution in [0.15, 0.2) is 47.6 Å². The molecule has 2 atom stereocenters. The van der Waals surface area contributed by atoms with Crippen LogP contribution in [0, 0.1) is 5.92 Å². The summed E-state index contributed by atoms with van der Waals surface area (Å²) in [6.45, 7) is 1.29. The van der Waals surface area contributed by atoms with E-state index < -0.39 is 29.8 Å². The lowest BCUT2D eigenvalue weighted by molar-refractivity contribution is -0.132. The van der Waals surface area contributed by atoms with Gasteiger partial charge in [-0.3, -0.25) is 14.4 Å². The van der Waals surface area contributed by atoms with Crippen molar-refractivity contribution in [3.05, 3.63) is 48.0 Å². The smallest absolute Gasteiger partial charge is 0.308 e. The lowest BCUT2D eigenvalue weighted by Crippen LogP contribution is -2.33. The molecule has 154 valence electrons. The van der Waals surface area contributed by atoms with Gasteiger partial charge in [0.15, 0.2) is 0 Å². The van der Waals surface area contributed by atoms with Gasteiger partial charge in [0, 0.05) is 18.6 Å². The van der Waals surface area contributed by atoms with Crippen LogP contribution < -0.4 is 19.1 Å². The third-order valence-electron chi connectivity index (χ3n) is 4.85. The molecule has 9 heteroatoms. The number of nitrogens with zero attached hydrogens (tertiary/aromatic N) is 2. The second kappa shape index (κ2) is 7.51. The quantitative estimate of drug-likeness (QED) is 0.421. The first-order valence-corrected chi connectivity index (χ1v) is 9.07. The number of carbonyl (C=O) groups excluding carboxylic acids is 3. The van der Waals surface area contributed by atoms with Gasteiger partial charge in [0.05, 0.1) is 19.9 Å². The van der Waals surface area contributed by atoms with Crippen molar-refractivity contribution in [2.45, 2.75) is 13.0 Å². The number of ether oxygens (including phenoxy) is 3. The SMILES string of the molecule is COc1ccc(C2=NO[C@H]3C(=O)N(c4ccc(OC(C)=O)cc4)C(=O)[C@H]23)c(OC)c1. The molecule has 2 heterocycles. The summed E-state index contributed by atoms with van der Waals surface area (Å²) in [5.74, 6) is -0.999. The molecule has 2 aliphatic heterocycles. The molecule has 2 aromatic rings. The van der Waals surface area contributed by atoms with E-state index in [4.69, 9.17) is 19.0 Å². The van der Waals surface area contributed by atoms with Crippen molar-refractivity contribution < 1.29 is 33.4 Å². The van der Waals surface area contributed by atoms with Gasteiger partial charge in [0.25, 0.3) is 5.91 Å². The maximum atomic E-state index is 13.2. The first-order chi connectivity index (χ1) is 14.4. The second-order valence-electron chi connectivity index (χ2n) is 6.65. The molecule has 1 fully saturated rings. The third-order valence-corrected chi connectivity index (χ3v) is 4.85. The van der Waals surface area contributed by atoms with Gasteiger partial charge in [0.1, 0.15) is 28.9 Å². The predicted molar refractivity (Wildman–Crippen MR) is 105 cm³/mol. The summed E-state index contributed by atoms with van der Waals surface area (Å²) in [5, 5.41) is 4.00. The van der Waals surface area contributed by atoms with E-state index in [9.17, 15) is 14.4 Å². The van der Waals surface area contributed by atoms with Gasteiger partial charge >= 0.3 is 5.97 Å². The molecule has 0 spiro atoms. The molecule has 0 unspecified atom stereocenters. The summed E-state index contributed by atoms with van der Waals surface area (Å²) >= 11 is 0. The average Bonchev–Trinajstić information content (AvgIpc) is 3.28. The average molecular weight is 410 g/mol. The summed E-state index contributed by atoms with van der Waals surface area (Å²) in [5.41, 5.74) is 1.20. The number of oxime groups is 1. The van der Waals surface area contributed by atoms with E-state index in [-0.39, 0.29) is 0 Å². The topological polar surface area (TPSA) is 104 Å². The van der Waals surface area contributed by atoms with Crippen molar-refractivity contribution in [2.75, 3.05) is 19.1 Å². The van der Waals surface area contributed by atoms with Crippen LogP contribution in [0.5, 0.6) is 17.2 Å². The number of anilines is 1. The molecule has 0 bridgehead atoms. The van der Waals surface area contributed by atoms with E-state index in [0.29, 0.717) is 34.2 Å². The number of rotatable bonds is 5. The van der Waals surface area contributed by atoms with Gasteiger partial charge < -0.3 is 19.0 Å². The van der Waals surface area contributed by atoms with Gasteiger partial charge in [0.2, 0.25) is 12.0 Å². The molecule has 2 aliphatic rings. The molecule has 0 radical (unpaired) electrons. The van der Waals surface area contributed by atoms with Crippen molar-refractivity contribution in [1.82, 2.24) is 0 Å². The minimum absolute atomic E-state index is 0.312. The number of carbonyl (C=O) groups is 3. The van der Waals surface area contributed by atoms with E-state index in [1.807, 2.05) is 0 Å². The number of amides is 2. The van der Waals surface area contributed by atoms with E-state index in [1.54, 1.807) is 18.2 Å². The summed E-state index contributed by atoms with van der Waals surface area (Å²) in [7, 11) is 3.02. The lowest BCUT2D eigenvalue weighted by atomic mass is 9.93. The molecule has 1 saturated heterocycles. The highest BCUT2D eigenvalue weighted by Crippen LogP contribution is 2.38. The van der Waals surface area contributed by atoms with Crippen molar-refractivity contribution in [3.63, 3.8) is 0 Å². The number of esters is 1. The minimum atomic E-state index is -1.05. The molecule has 2 amide bonds. The van der Waals surface area contributed by atoms with Crippen LogP contribution in [0.3, 0.4) is 0 Å². The highest BCUT2D eigenvalue weighted by molar-refractivity contribution is 6.32. The summed E-state index contributed by atoms with van der Waals surface area (Å²) < 4.78 is 15.6. The molecule has 0 N–H and O–H groups in total. The van der Waals surface area contributed by atoms with Gasteiger partial charge in [-0.25, -0.2) is 4.90 Å². The van der Waals surface area contributed by atoms with Gasteiger partial charge in [-0.15, -0.1) is 0 Å². The van der Waals surface area contributed by atoms with Crippen molar-refractivity contribution >= 4 is 29.2 Å². The fraction of sp³-hybridized carbons (Fsp3) is 0.238. The van der Waals surface area contributed by atoms with Crippen molar-refractivity contribution in [3.8, 4) is 17.2 Å². The number of imide groups is 1. The van der Waals surface area contributed by atoms with E-state index in [2.05, 4.69) is 5.16 Å². The third kappa shape index (κ3) is 3.14. The van der Waals surface area contributed by atoms with Crippen LogP contribution in [-0.2, 0) is 19.2 Å². The zero-order chi connectivity index (χ0) is 21.4. The van der Waals surface area contributed by atoms with E-state index in [0.717, 1.165) is 4.90 Å². The Morgan fingerprint density at radius 2 is 1.70 bits per heavy atom. The number of hydrogen-bond acceptors (Lipinski definition) is 8. The van der Waals surface area contributed by atoms with Crippen LogP contribution >= 0.6 is 0 Å². The Morgan fingerprint density at radius 1 is 1.00 bits per heavy atom.